The average molecular weight is 244 g/mol. The number of ether oxygens (including phenoxy) is 1. The third kappa shape index (κ3) is 1.48. The van der Waals surface area contributed by atoms with E-state index in [-0.39, 0.29) is 17.2 Å². The molecule has 0 atom stereocenters. The summed E-state index contributed by atoms with van der Waals surface area (Å²) in [4.78, 5) is 0. The van der Waals surface area contributed by atoms with Crippen molar-refractivity contribution >= 4 is 11.4 Å². The Morgan fingerprint density at radius 1 is 0.833 bits per heavy atom. The van der Waals surface area contributed by atoms with Crippen LogP contribution in [0, 0.1) is 0 Å². The molecule has 0 spiro atoms. The van der Waals surface area contributed by atoms with Gasteiger partial charge in [-0.15, -0.1) is 0 Å². The number of hydrogen-bond donors (Lipinski definition) is 4. The highest BCUT2D eigenvalue weighted by atomic mass is 16.5. The fourth-order valence-electron chi connectivity index (χ4n) is 2.05. The predicted octanol–water partition coefficient (Wildman–Crippen LogP) is 1.96. The van der Waals surface area contributed by atoms with Gasteiger partial charge in [-0.3, -0.25) is 0 Å². The zero-order valence-electron chi connectivity index (χ0n) is 9.47. The molecule has 0 bridgehead atoms. The van der Waals surface area contributed by atoms with Crippen LogP contribution in [0.15, 0.2) is 24.3 Å². The van der Waals surface area contributed by atoms with E-state index in [0.717, 1.165) is 11.1 Å². The van der Waals surface area contributed by atoms with Gasteiger partial charge in [0.2, 0.25) is 0 Å². The van der Waals surface area contributed by atoms with Gasteiger partial charge in [-0.25, -0.2) is 0 Å². The molecule has 0 aliphatic carbocycles. The van der Waals surface area contributed by atoms with E-state index in [1.54, 1.807) is 18.2 Å². The van der Waals surface area contributed by atoms with Crippen LogP contribution in [0.5, 0.6) is 23.0 Å². The van der Waals surface area contributed by atoms with Crippen molar-refractivity contribution in [3.63, 3.8) is 0 Å². The summed E-state index contributed by atoms with van der Waals surface area (Å²) < 4.78 is 5.64. The zero-order chi connectivity index (χ0) is 12.9. The van der Waals surface area contributed by atoms with Crippen LogP contribution in [0.1, 0.15) is 11.1 Å². The highest BCUT2D eigenvalue weighted by molar-refractivity contribution is 5.65. The van der Waals surface area contributed by atoms with E-state index >= 15 is 0 Å². The lowest BCUT2D eigenvalue weighted by Crippen LogP contribution is -2.04. The first-order valence-electron chi connectivity index (χ1n) is 5.45. The van der Waals surface area contributed by atoms with Gasteiger partial charge in [0.25, 0.3) is 0 Å². The molecule has 0 radical (unpaired) electrons. The fourth-order valence-corrected chi connectivity index (χ4v) is 2.05. The normalized spacial score (nSPS) is 12.4. The van der Waals surface area contributed by atoms with Gasteiger partial charge >= 0.3 is 0 Å². The van der Waals surface area contributed by atoms with Gasteiger partial charge in [0.15, 0.2) is 0 Å². The van der Waals surface area contributed by atoms with Gasteiger partial charge in [-0.1, -0.05) is 0 Å². The molecule has 1 heterocycles. The molecule has 3 rings (SSSR count). The van der Waals surface area contributed by atoms with Crippen LogP contribution < -0.4 is 16.2 Å². The maximum absolute atomic E-state index is 9.58. The first-order valence-corrected chi connectivity index (χ1v) is 5.45. The number of aromatic hydroxyl groups is 2. The Hall–Kier alpha value is -2.56. The van der Waals surface area contributed by atoms with Crippen molar-refractivity contribution < 1.29 is 14.9 Å². The Bertz CT molecular complexity index is 542. The topological polar surface area (TPSA) is 102 Å². The standard InChI is InChI=1S/C13H12N2O3/c14-8-2-6-1-7-3-10(16)9(15)4-12(7)18-13(6)5-11(8)17/h2-5,16-17H,1,14-15H2. The number of benzene rings is 2. The minimum Gasteiger partial charge on any atom is -0.506 e. The summed E-state index contributed by atoms with van der Waals surface area (Å²) in [5, 5.41) is 19.1. The molecule has 18 heavy (non-hydrogen) atoms. The summed E-state index contributed by atoms with van der Waals surface area (Å²) in [6.07, 6.45) is 0.572. The van der Waals surface area contributed by atoms with E-state index in [2.05, 4.69) is 0 Å². The van der Waals surface area contributed by atoms with E-state index in [9.17, 15) is 10.2 Å². The van der Waals surface area contributed by atoms with Gasteiger partial charge in [-0.2, -0.15) is 0 Å². The quantitative estimate of drug-likeness (QED) is 0.357. The van der Waals surface area contributed by atoms with Gasteiger partial charge in [0, 0.05) is 29.7 Å². The second kappa shape index (κ2) is 3.46. The molecule has 0 amide bonds. The molecular formula is C13H12N2O3. The van der Waals surface area contributed by atoms with Crippen molar-refractivity contribution in [2.45, 2.75) is 6.42 Å². The molecule has 0 saturated carbocycles. The van der Waals surface area contributed by atoms with Crippen molar-refractivity contribution in [3.8, 4) is 23.0 Å². The lowest BCUT2D eigenvalue weighted by atomic mass is 9.99. The molecular weight excluding hydrogens is 232 g/mol. The molecule has 5 heteroatoms. The number of rotatable bonds is 0. The molecule has 6 N–H and O–H groups in total. The summed E-state index contributed by atoms with van der Waals surface area (Å²) in [6.45, 7) is 0. The van der Waals surface area contributed by atoms with Crippen LogP contribution in [0.25, 0.3) is 0 Å². The monoisotopic (exact) mass is 244 g/mol. The Kier molecular flexibility index (Phi) is 2.04. The summed E-state index contributed by atoms with van der Waals surface area (Å²) in [6, 6.07) is 6.30. The smallest absolute Gasteiger partial charge is 0.142 e. The Morgan fingerprint density at radius 2 is 1.39 bits per heavy atom. The molecule has 0 aromatic heterocycles. The number of phenolic OH excluding ortho intramolecular Hbond substituents is 2. The Morgan fingerprint density at radius 3 is 2.17 bits per heavy atom. The maximum Gasteiger partial charge on any atom is 0.142 e. The summed E-state index contributed by atoms with van der Waals surface area (Å²) in [7, 11) is 0. The third-order valence-corrected chi connectivity index (χ3v) is 3.02. The van der Waals surface area contributed by atoms with E-state index in [1.807, 2.05) is 0 Å². The van der Waals surface area contributed by atoms with Gasteiger partial charge in [0.1, 0.15) is 23.0 Å². The van der Waals surface area contributed by atoms with E-state index < -0.39 is 0 Å². The number of anilines is 2. The molecule has 2 aromatic carbocycles. The fraction of sp³-hybridized carbons (Fsp3) is 0.0769. The van der Waals surface area contributed by atoms with Crippen molar-refractivity contribution in [2.24, 2.45) is 0 Å². The molecule has 92 valence electrons. The molecule has 5 nitrogen and oxygen atoms in total. The first-order chi connectivity index (χ1) is 8.54. The maximum atomic E-state index is 9.58. The van der Waals surface area contributed by atoms with E-state index in [1.165, 1.54) is 6.07 Å². The van der Waals surface area contributed by atoms with Crippen LogP contribution in [-0.2, 0) is 6.42 Å². The second-order valence-electron chi connectivity index (χ2n) is 4.32. The Labute approximate surface area is 103 Å². The van der Waals surface area contributed by atoms with Crippen LogP contribution in [-0.4, -0.2) is 10.2 Å². The highest BCUT2D eigenvalue weighted by Gasteiger charge is 2.20. The van der Waals surface area contributed by atoms with Gasteiger partial charge in [0.05, 0.1) is 11.4 Å². The number of nitrogen functional groups attached to an aromatic ring is 2. The third-order valence-electron chi connectivity index (χ3n) is 3.02. The lowest BCUT2D eigenvalue weighted by molar-refractivity contribution is 0.439. The number of fused-ring (bicyclic) bond motifs is 2. The molecule has 0 saturated heterocycles. The van der Waals surface area contributed by atoms with Crippen molar-refractivity contribution in [1.29, 1.82) is 0 Å². The van der Waals surface area contributed by atoms with Gasteiger partial charge < -0.3 is 26.4 Å². The van der Waals surface area contributed by atoms with Crippen LogP contribution in [0.2, 0.25) is 0 Å². The summed E-state index contributed by atoms with van der Waals surface area (Å²) in [5.41, 5.74) is 13.5. The van der Waals surface area contributed by atoms with Crippen LogP contribution in [0.3, 0.4) is 0 Å². The van der Waals surface area contributed by atoms with Gasteiger partial charge in [-0.05, 0) is 12.1 Å². The van der Waals surface area contributed by atoms with Crippen molar-refractivity contribution in [3.05, 3.63) is 35.4 Å². The van der Waals surface area contributed by atoms with E-state index in [4.69, 9.17) is 16.2 Å². The average Bonchev–Trinajstić information content (AvgIpc) is 2.31. The number of nitrogens with two attached hydrogens (primary N) is 2. The van der Waals surface area contributed by atoms with E-state index in [0.29, 0.717) is 23.6 Å². The Balaban J connectivity index is 2.12. The van der Waals surface area contributed by atoms with Crippen molar-refractivity contribution in [1.82, 2.24) is 0 Å². The SMILES string of the molecule is Nc1cc2c(cc1O)Cc1cc(N)c(O)cc1O2. The minimum atomic E-state index is -0.0102. The molecule has 0 fully saturated rings. The minimum absolute atomic E-state index is 0.0102. The highest BCUT2D eigenvalue weighted by Crippen LogP contribution is 2.42. The molecule has 1 aliphatic rings. The molecule has 1 aliphatic heterocycles. The zero-order valence-corrected chi connectivity index (χ0v) is 9.47. The lowest BCUT2D eigenvalue weighted by Gasteiger charge is -2.21. The molecule has 2 aromatic rings. The number of hydrogen-bond acceptors (Lipinski definition) is 5. The van der Waals surface area contributed by atoms with Crippen molar-refractivity contribution in [2.75, 3.05) is 11.5 Å². The van der Waals surface area contributed by atoms with Crippen LogP contribution in [0.4, 0.5) is 11.4 Å². The van der Waals surface area contributed by atoms with Crippen LogP contribution >= 0.6 is 0 Å². The molecule has 0 unspecified atom stereocenters. The largest absolute Gasteiger partial charge is 0.506 e. The predicted molar refractivity (Wildman–Crippen MR) is 67.9 cm³/mol. The summed E-state index contributed by atoms with van der Waals surface area (Å²) in [5.74, 6) is 1.16. The first kappa shape index (κ1) is 10.6. The summed E-state index contributed by atoms with van der Waals surface area (Å²) >= 11 is 0. The number of phenols is 2. The second-order valence-corrected chi connectivity index (χ2v) is 4.32.